The monoisotopic (exact) mass is 516 g/mol. The minimum absolute atomic E-state index is 0.144. The molecule has 3 atom stereocenters. The molecule has 9 heteroatoms. The Morgan fingerprint density at radius 3 is 2.50 bits per heavy atom. The standard InChI is InChI=1S/C29H33FN6O2/c1-20-26(22-18-31-35(2)19-22)34-36(23-12-8-5-9-13-23)27(20)33-28(37)32-25-17-29(30,14-15-38-3)16-24(25)21-10-6-4-7-11-21/h4-13,18-19,24-25H,14-17H2,1-3H3,(H2,32,33,37)/t24-,25+,29?/m0/s1. The first-order chi connectivity index (χ1) is 18.4. The van der Waals surface area contributed by atoms with Crippen LogP contribution in [0.3, 0.4) is 0 Å². The Morgan fingerprint density at radius 2 is 1.84 bits per heavy atom. The Kier molecular flexibility index (Phi) is 7.28. The van der Waals surface area contributed by atoms with Gasteiger partial charge in [-0.25, -0.2) is 13.9 Å². The number of para-hydroxylation sites is 1. The van der Waals surface area contributed by atoms with Gasteiger partial charge in [-0.1, -0.05) is 48.5 Å². The second-order valence-corrected chi connectivity index (χ2v) is 10.00. The number of benzene rings is 2. The van der Waals surface area contributed by atoms with Crippen LogP contribution in [0.5, 0.6) is 0 Å². The van der Waals surface area contributed by atoms with Gasteiger partial charge >= 0.3 is 6.03 Å². The third-order valence-corrected chi connectivity index (χ3v) is 7.29. The minimum atomic E-state index is -1.41. The van der Waals surface area contributed by atoms with Gasteiger partial charge in [-0.15, -0.1) is 0 Å². The molecule has 2 amide bonds. The minimum Gasteiger partial charge on any atom is -0.385 e. The molecule has 198 valence electrons. The summed E-state index contributed by atoms with van der Waals surface area (Å²) < 4.78 is 24.4. The molecule has 0 spiro atoms. The normalized spacial score (nSPS) is 20.9. The summed E-state index contributed by atoms with van der Waals surface area (Å²) >= 11 is 0. The summed E-state index contributed by atoms with van der Waals surface area (Å²) in [6, 6.07) is 18.7. The number of carbonyl (C=O) groups is 1. The van der Waals surface area contributed by atoms with E-state index in [4.69, 9.17) is 9.84 Å². The molecule has 8 nitrogen and oxygen atoms in total. The Hall–Kier alpha value is -3.98. The molecule has 5 rings (SSSR count). The summed E-state index contributed by atoms with van der Waals surface area (Å²) in [5.41, 5.74) is 2.79. The van der Waals surface area contributed by atoms with Gasteiger partial charge in [-0.3, -0.25) is 10.00 Å². The Morgan fingerprint density at radius 1 is 1.13 bits per heavy atom. The second kappa shape index (κ2) is 10.8. The van der Waals surface area contributed by atoms with Crippen LogP contribution in [0.25, 0.3) is 16.9 Å². The Balaban J connectivity index is 1.43. The van der Waals surface area contributed by atoms with Crippen molar-refractivity contribution in [3.05, 3.63) is 84.2 Å². The maximum Gasteiger partial charge on any atom is 0.320 e. The first-order valence-electron chi connectivity index (χ1n) is 12.8. The molecule has 2 aromatic heterocycles. The molecule has 2 heterocycles. The topological polar surface area (TPSA) is 86.0 Å². The highest BCUT2D eigenvalue weighted by atomic mass is 19.1. The summed E-state index contributed by atoms with van der Waals surface area (Å²) in [4.78, 5) is 13.4. The molecule has 1 saturated carbocycles. The molecule has 2 N–H and O–H groups in total. The molecule has 1 fully saturated rings. The molecule has 1 aliphatic carbocycles. The number of nitrogens with zero attached hydrogens (tertiary/aromatic N) is 4. The number of methoxy groups -OCH3 is 1. The number of nitrogens with one attached hydrogen (secondary N) is 2. The molecule has 0 saturated heterocycles. The van der Waals surface area contributed by atoms with E-state index in [-0.39, 0.29) is 18.4 Å². The predicted molar refractivity (Wildman–Crippen MR) is 145 cm³/mol. The SMILES string of the molecule is COCCC1(F)C[C@@H](NC(=O)Nc2c(C)c(-c3cnn(C)c3)nn2-c2ccccc2)[C@H](c2ccccc2)C1. The number of urea groups is 1. The van der Waals surface area contributed by atoms with E-state index in [1.165, 1.54) is 0 Å². The van der Waals surface area contributed by atoms with E-state index in [9.17, 15) is 4.79 Å². The number of aromatic nitrogens is 4. The van der Waals surface area contributed by atoms with Gasteiger partial charge in [0.2, 0.25) is 0 Å². The summed E-state index contributed by atoms with van der Waals surface area (Å²) in [6.07, 6.45) is 4.48. The third kappa shape index (κ3) is 5.33. The summed E-state index contributed by atoms with van der Waals surface area (Å²) in [5, 5.41) is 15.2. The molecular formula is C29H33FN6O2. The van der Waals surface area contributed by atoms with Crippen molar-refractivity contribution in [2.45, 2.75) is 43.8 Å². The number of anilines is 1. The molecule has 4 aromatic rings. The number of alkyl halides is 1. The van der Waals surface area contributed by atoms with Crippen LogP contribution in [0.15, 0.2) is 73.1 Å². The van der Waals surface area contributed by atoms with Crippen molar-refractivity contribution in [2.24, 2.45) is 7.05 Å². The van der Waals surface area contributed by atoms with Gasteiger partial charge in [0.25, 0.3) is 0 Å². The van der Waals surface area contributed by atoms with E-state index >= 15 is 4.39 Å². The van der Waals surface area contributed by atoms with Gasteiger partial charge in [-0.05, 0) is 31.0 Å². The molecule has 0 radical (unpaired) electrons. The second-order valence-electron chi connectivity index (χ2n) is 10.00. The number of ether oxygens (including phenoxy) is 1. The van der Waals surface area contributed by atoms with E-state index in [2.05, 4.69) is 15.7 Å². The Labute approximate surface area is 221 Å². The molecule has 0 aliphatic heterocycles. The molecular weight excluding hydrogens is 483 g/mol. The first kappa shape index (κ1) is 25.7. The first-order valence-corrected chi connectivity index (χ1v) is 12.8. The van der Waals surface area contributed by atoms with E-state index in [1.54, 1.807) is 22.7 Å². The zero-order valence-corrected chi connectivity index (χ0v) is 21.9. The summed E-state index contributed by atoms with van der Waals surface area (Å²) in [6.45, 7) is 2.26. The van der Waals surface area contributed by atoms with Gasteiger partial charge in [0.05, 0.1) is 11.9 Å². The number of carbonyl (C=O) groups excluding carboxylic acids is 1. The van der Waals surface area contributed by atoms with Crippen molar-refractivity contribution >= 4 is 11.8 Å². The highest BCUT2D eigenvalue weighted by Crippen LogP contribution is 2.45. The lowest BCUT2D eigenvalue weighted by Gasteiger charge is -2.21. The van der Waals surface area contributed by atoms with Crippen molar-refractivity contribution in [3.63, 3.8) is 0 Å². The lowest BCUT2D eigenvalue weighted by Crippen LogP contribution is -2.40. The maximum absolute atomic E-state index is 15.8. The lowest BCUT2D eigenvalue weighted by atomic mass is 9.92. The number of amides is 2. The highest BCUT2D eigenvalue weighted by molar-refractivity contribution is 5.91. The van der Waals surface area contributed by atoms with Gasteiger partial charge in [-0.2, -0.15) is 10.2 Å². The van der Waals surface area contributed by atoms with Crippen LogP contribution in [0.2, 0.25) is 0 Å². The van der Waals surface area contributed by atoms with Crippen molar-refractivity contribution in [1.82, 2.24) is 24.9 Å². The van der Waals surface area contributed by atoms with Crippen LogP contribution in [0.4, 0.5) is 15.0 Å². The average molecular weight is 517 g/mol. The van der Waals surface area contributed by atoms with Crippen LogP contribution < -0.4 is 10.6 Å². The van der Waals surface area contributed by atoms with Gasteiger partial charge in [0, 0.05) is 62.9 Å². The number of hydrogen-bond acceptors (Lipinski definition) is 4. The largest absolute Gasteiger partial charge is 0.385 e. The van der Waals surface area contributed by atoms with Crippen molar-refractivity contribution in [3.8, 4) is 16.9 Å². The smallest absolute Gasteiger partial charge is 0.320 e. The van der Waals surface area contributed by atoms with Crippen molar-refractivity contribution in [1.29, 1.82) is 0 Å². The maximum atomic E-state index is 15.8. The van der Waals surface area contributed by atoms with Crippen LogP contribution in [0, 0.1) is 6.92 Å². The van der Waals surface area contributed by atoms with E-state index in [1.807, 2.05) is 80.8 Å². The quantitative estimate of drug-likeness (QED) is 0.329. The molecule has 2 aromatic carbocycles. The molecule has 38 heavy (non-hydrogen) atoms. The fourth-order valence-corrected chi connectivity index (χ4v) is 5.38. The lowest BCUT2D eigenvalue weighted by molar-refractivity contribution is 0.0950. The molecule has 1 unspecified atom stereocenters. The number of halogens is 1. The number of aryl methyl sites for hydroxylation is 1. The van der Waals surface area contributed by atoms with Crippen LogP contribution in [-0.4, -0.2) is 51.0 Å². The Bertz CT molecular complexity index is 1390. The van der Waals surface area contributed by atoms with Gasteiger partial charge in [0.15, 0.2) is 0 Å². The zero-order valence-electron chi connectivity index (χ0n) is 21.9. The van der Waals surface area contributed by atoms with Crippen LogP contribution >= 0.6 is 0 Å². The number of rotatable bonds is 8. The third-order valence-electron chi connectivity index (χ3n) is 7.29. The summed E-state index contributed by atoms with van der Waals surface area (Å²) in [7, 11) is 3.43. The molecule has 1 aliphatic rings. The molecule has 0 bridgehead atoms. The van der Waals surface area contributed by atoms with E-state index in [0.717, 1.165) is 28.1 Å². The number of hydrogen-bond donors (Lipinski definition) is 2. The van der Waals surface area contributed by atoms with Crippen molar-refractivity contribution < 1.29 is 13.9 Å². The van der Waals surface area contributed by atoms with Crippen LogP contribution in [0.1, 0.15) is 36.3 Å². The van der Waals surface area contributed by atoms with E-state index < -0.39 is 11.7 Å². The fourth-order valence-electron chi connectivity index (χ4n) is 5.38. The van der Waals surface area contributed by atoms with E-state index in [0.29, 0.717) is 25.3 Å². The average Bonchev–Trinajstić information content (AvgIpc) is 3.59. The van der Waals surface area contributed by atoms with Crippen LogP contribution in [-0.2, 0) is 11.8 Å². The zero-order chi connectivity index (χ0) is 26.7. The highest BCUT2D eigenvalue weighted by Gasteiger charge is 2.46. The van der Waals surface area contributed by atoms with Crippen molar-refractivity contribution in [2.75, 3.05) is 19.0 Å². The summed E-state index contributed by atoms with van der Waals surface area (Å²) in [5.74, 6) is 0.405. The van der Waals surface area contributed by atoms with Gasteiger partial charge in [0.1, 0.15) is 17.2 Å². The predicted octanol–water partition coefficient (Wildman–Crippen LogP) is 5.39. The van der Waals surface area contributed by atoms with Gasteiger partial charge < -0.3 is 10.1 Å². The fraction of sp³-hybridized carbons (Fsp3) is 0.345.